The van der Waals surface area contributed by atoms with E-state index in [1.54, 1.807) is 11.8 Å². The lowest BCUT2D eigenvalue weighted by Gasteiger charge is -2.12. The molecule has 0 heterocycles. The molecule has 0 aliphatic rings. The molecule has 0 saturated heterocycles. The SMILES string of the molecule is CSCc1ccc(C(=O)NCc2ccccc2COCc2ccccc2)cc1. The molecule has 28 heavy (non-hydrogen) atoms. The molecule has 0 fully saturated rings. The van der Waals surface area contributed by atoms with Crippen LogP contribution in [0.5, 0.6) is 0 Å². The number of benzene rings is 3. The lowest BCUT2D eigenvalue weighted by Crippen LogP contribution is -2.23. The molecule has 3 rings (SSSR count). The fourth-order valence-corrected chi connectivity index (χ4v) is 3.45. The molecule has 4 heteroatoms. The first-order valence-corrected chi connectivity index (χ1v) is 10.7. The quantitative estimate of drug-likeness (QED) is 0.545. The van der Waals surface area contributed by atoms with Crippen LogP contribution < -0.4 is 5.32 Å². The van der Waals surface area contributed by atoms with Gasteiger partial charge in [-0.2, -0.15) is 11.8 Å². The summed E-state index contributed by atoms with van der Waals surface area (Å²) in [5, 5.41) is 3.02. The molecule has 0 unspecified atom stereocenters. The highest BCUT2D eigenvalue weighted by molar-refractivity contribution is 7.97. The third-order valence-corrected chi connectivity index (χ3v) is 5.08. The van der Waals surface area contributed by atoms with Crippen molar-refractivity contribution in [1.29, 1.82) is 0 Å². The van der Waals surface area contributed by atoms with Crippen molar-refractivity contribution in [2.75, 3.05) is 6.26 Å². The van der Waals surface area contributed by atoms with Crippen LogP contribution in [0, 0.1) is 0 Å². The lowest BCUT2D eigenvalue weighted by atomic mass is 10.1. The predicted octanol–water partition coefficient (Wildman–Crippen LogP) is 5.20. The van der Waals surface area contributed by atoms with Gasteiger partial charge in [0.25, 0.3) is 5.91 Å². The monoisotopic (exact) mass is 391 g/mol. The molecular formula is C24H25NO2S. The Morgan fingerprint density at radius 2 is 1.50 bits per heavy atom. The van der Waals surface area contributed by atoms with Gasteiger partial charge in [-0.25, -0.2) is 0 Å². The molecule has 1 amide bonds. The van der Waals surface area contributed by atoms with Crippen LogP contribution in [0.3, 0.4) is 0 Å². The molecule has 0 radical (unpaired) electrons. The molecule has 0 aliphatic carbocycles. The Hall–Kier alpha value is -2.56. The smallest absolute Gasteiger partial charge is 0.251 e. The van der Waals surface area contributed by atoms with Crippen LogP contribution in [-0.4, -0.2) is 12.2 Å². The molecular weight excluding hydrogens is 366 g/mol. The van der Waals surface area contributed by atoms with Crippen molar-refractivity contribution < 1.29 is 9.53 Å². The Labute approximate surface area is 171 Å². The van der Waals surface area contributed by atoms with E-state index in [9.17, 15) is 4.79 Å². The van der Waals surface area contributed by atoms with E-state index < -0.39 is 0 Å². The van der Waals surface area contributed by atoms with Crippen molar-refractivity contribution in [3.05, 3.63) is 107 Å². The summed E-state index contributed by atoms with van der Waals surface area (Å²) in [6.07, 6.45) is 2.07. The van der Waals surface area contributed by atoms with Crippen molar-refractivity contribution >= 4 is 17.7 Å². The van der Waals surface area contributed by atoms with Crippen LogP contribution >= 0.6 is 11.8 Å². The van der Waals surface area contributed by atoms with Gasteiger partial charge < -0.3 is 10.1 Å². The van der Waals surface area contributed by atoms with Crippen LogP contribution in [0.1, 0.15) is 32.6 Å². The Balaban J connectivity index is 1.54. The van der Waals surface area contributed by atoms with Crippen molar-refractivity contribution in [2.24, 2.45) is 0 Å². The van der Waals surface area contributed by atoms with Gasteiger partial charge in [-0.05, 0) is 40.6 Å². The number of carbonyl (C=O) groups is 1. The number of thioether (sulfide) groups is 1. The van der Waals surface area contributed by atoms with E-state index in [0.29, 0.717) is 25.3 Å². The molecule has 3 aromatic carbocycles. The Bertz CT molecular complexity index is 879. The summed E-state index contributed by atoms with van der Waals surface area (Å²) in [7, 11) is 0. The first kappa shape index (κ1) is 20.2. The third kappa shape index (κ3) is 5.98. The summed E-state index contributed by atoms with van der Waals surface area (Å²) >= 11 is 1.77. The van der Waals surface area contributed by atoms with Gasteiger partial charge >= 0.3 is 0 Å². The average Bonchev–Trinajstić information content (AvgIpc) is 2.74. The standard InChI is InChI=1S/C24H25NO2S/c1-28-18-20-11-13-21(14-12-20)24(26)25-15-22-9-5-6-10-23(22)17-27-16-19-7-3-2-4-8-19/h2-14H,15-18H2,1H3,(H,25,26). The topological polar surface area (TPSA) is 38.3 Å². The summed E-state index contributed by atoms with van der Waals surface area (Å²) in [6, 6.07) is 26.0. The van der Waals surface area contributed by atoms with Crippen LogP contribution in [0.15, 0.2) is 78.9 Å². The van der Waals surface area contributed by atoms with Crippen LogP contribution in [0.4, 0.5) is 0 Å². The van der Waals surface area contributed by atoms with Crippen molar-refractivity contribution in [1.82, 2.24) is 5.32 Å². The summed E-state index contributed by atoms with van der Waals surface area (Å²) in [6.45, 7) is 1.57. The second-order valence-electron chi connectivity index (χ2n) is 6.56. The fourth-order valence-electron chi connectivity index (χ4n) is 2.92. The molecule has 0 aliphatic heterocycles. The average molecular weight is 392 g/mol. The molecule has 0 bridgehead atoms. The zero-order valence-electron chi connectivity index (χ0n) is 16.1. The van der Waals surface area contributed by atoms with Crippen molar-refractivity contribution in [3.63, 3.8) is 0 Å². The maximum absolute atomic E-state index is 12.4. The number of hydrogen-bond acceptors (Lipinski definition) is 3. The largest absolute Gasteiger partial charge is 0.372 e. The second kappa shape index (κ2) is 10.7. The Morgan fingerprint density at radius 3 is 2.21 bits per heavy atom. The summed E-state index contributed by atoms with van der Waals surface area (Å²) in [5.74, 6) is 0.897. The van der Waals surface area contributed by atoms with Gasteiger partial charge in [-0.1, -0.05) is 66.7 Å². The van der Waals surface area contributed by atoms with Crippen molar-refractivity contribution in [2.45, 2.75) is 25.5 Å². The lowest BCUT2D eigenvalue weighted by molar-refractivity contribution is 0.0947. The first-order valence-electron chi connectivity index (χ1n) is 9.31. The zero-order chi connectivity index (χ0) is 19.6. The fraction of sp³-hybridized carbons (Fsp3) is 0.208. The number of carbonyl (C=O) groups excluding carboxylic acids is 1. The second-order valence-corrected chi connectivity index (χ2v) is 7.43. The molecule has 1 N–H and O–H groups in total. The molecule has 3 nitrogen and oxygen atoms in total. The number of amides is 1. The summed E-state index contributed by atoms with van der Waals surface area (Å²) < 4.78 is 5.86. The van der Waals surface area contributed by atoms with E-state index in [4.69, 9.17) is 4.74 Å². The molecule has 3 aromatic rings. The number of hydrogen-bond donors (Lipinski definition) is 1. The summed E-state index contributed by atoms with van der Waals surface area (Å²) in [4.78, 5) is 12.4. The summed E-state index contributed by atoms with van der Waals surface area (Å²) in [5.41, 5.74) is 5.22. The minimum absolute atomic E-state index is 0.0595. The highest BCUT2D eigenvalue weighted by Crippen LogP contribution is 2.13. The minimum Gasteiger partial charge on any atom is -0.372 e. The minimum atomic E-state index is -0.0595. The van der Waals surface area contributed by atoms with Crippen LogP contribution in [0.2, 0.25) is 0 Å². The highest BCUT2D eigenvalue weighted by atomic mass is 32.2. The third-order valence-electron chi connectivity index (χ3n) is 4.45. The Kier molecular flexibility index (Phi) is 7.71. The van der Waals surface area contributed by atoms with E-state index in [-0.39, 0.29) is 5.91 Å². The molecule has 0 atom stereocenters. The normalized spacial score (nSPS) is 10.6. The zero-order valence-corrected chi connectivity index (χ0v) is 16.9. The number of ether oxygens (including phenoxy) is 1. The maximum Gasteiger partial charge on any atom is 0.251 e. The van der Waals surface area contributed by atoms with Gasteiger partial charge in [-0.15, -0.1) is 0 Å². The Morgan fingerprint density at radius 1 is 0.821 bits per heavy atom. The first-order chi connectivity index (χ1) is 13.8. The van der Waals surface area contributed by atoms with E-state index in [1.165, 1.54) is 5.56 Å². The van der Waals surface area contributed by atoms with Crippen LogP contribution in [-0.2, 0) is 30.2 Å². The molecule has 0 saturated carbocycles. The van der Waals surface area contributed by atoms with Crippen molar-refractivity contribution in [3.8, 4) is 0 Å². The number of nitrogens with one attached hydrogen (secondary N) is 1. The molecule has 0 aromatic heterocycles. The van der Waals surface area contributed by atoms with Gasteiger partial charge in [-0.3, -0.25) is 4.79 Å². The van der Waals surface area contributed by atoms with Gasteiger partial charge in [0.2, 0.25) is 0 Å². The van der Waals surface area contributed by atoms with E-state index in [2.05, 4.69) is 23.7 Å². The van der Waals surface area contributed by atoms with E-state index in [0.717, 1.165) is 22.4 Å². The highest BCUT2D eigenvalue weighted by Gasteiger charge is 2.08. The predicted molar refractivity (Wildman–Crippen MR) is 116 cm³/mol. The van der Waals surface area contributed by atoms with Gasteiger partial charge in [0, 0.05) is 17.9 Å². The van der Waals surface area contributed by atoms with Gasteiger partial charge in [0.1, 0.15) is 0 Å². The molecule has 144 valence electrons. The maximum atomic E-state index is 12.4. The number of rotatable bonds is 9. The van der Waals surface area contributed by atoms with E-state index in [1.807, 2.05) is 66.7 Å². The molecule has 0 spiro atoms. The van der Waals surface area contributed by atoms with E-state index >= 15 is 0 Å². The van der Waals surface area contributed by atoms with Gasteiger partial charge in [0.15, 0.2) is 0 Å². The van der Waals surface area contributed by atoms with Crippen LogP contribution in [0.25, 0.3) is 0 Å². The van der Waals surface area contributed by atoms with Gasteiger partial charge in [0.05, 0.1) is 13.2 Å².